The standard InChI is InChI=1S/C9H9FO2/c10-9-6-2-1-5(3-6)7(9)4-12-8(9)11/h1-2,5-7H,3-4H2. The minimum Gasteiger partial charge on any atom is -0.463 e. The van der Waals surface area contributed by atoms with Crippen LogP contribution in [0.25, 0.3) is 0 Å². The average Bonchev–Trinajstić information content (AvgIpc) is 2.65. The summed E-state index contributed by atoms with van der Waals surface area (Å²) in [7, 11) is 0. The highest BCUT2D eigenvalue weighted by atomic mass is 19.1. The monoisotopic (exact) mass is 168 g/mol. The fourth-order valence-corrected chi connectivity index (χ4v) is 2.75. The molecule has 4 unspecified atom stereocenters. The first-order valence-electron chi connectivity index (χ1n) is 4.27. The van der Waals surface area contributed by atoms with Crippen molar-refractivity contribution in [1.29, 1.82) is 0 Å². The maximum absolute atomic E-state index is 14.1. The Morgan fingerprint density at radius 2 is 2.42 bits per heavy atom. The van der Waals surface area contributed by atoms with Crippen LogP contribution in [-0.2, 0) is 9.53 Å². The minimum absolute atomic E-state index is 0.194. The van der Waals surface area contributed by atoms with Crippen molar-refractivity contribution >= 4 is 5.97 Å². The molecule has 3 rings (SSSR count). The lowest BCUT2D eigenvalue weighted by Gasteiger charge is -2.22. The molecule has 0 aromatic heterocycles. The Morgan fingerprint density at radius 1 is 1.58 bits per heavy atom. The smallest absolute Gasteiger partial charge is 0.344 e. The van der Waals surface area contributed by atoms with E-state index in [9.17, 15) is 9.18 Å². The molecular weight excluding hydrogens is 159 g/mol. The first-order chi connectivity index (χ1) is 5.73. The van der Waals surface area contributed by atoms with Crippen molar-refractivity contribution in [2.45, 2.75) is 12.1 Å². The number of ether oxygens (including phenoxy) is 1. The van der Waals surface area contributed by atoms with Crippen LogP contribution < -0.4 is 0 Å². The molecule has 0 amide bonds. The number of esters is 1. The van der Waals surface area contributed by atoms with E-state index >= 15 is 0 Å². The fraction of sp³-hybridized carbons (Fsp3) is 0.667. The summed E-state index contributed by atoms with van der Waals surface area (Å²) in [6.07, 6.45) is 4.65. The number of fused-ring (bicyclic) bond motifs is 5. The molecule has 4 atom stereocenters. The summed E-state index contributed by atoms with van der Waals surface area (Å²) in [6, 6.07) is 0. The minimum atomic E-state index is -1.67. The Kier molecular flexibility index (Phi) is 0.955. The Morgan fingerprint density at radius 3 is 3.17 bits per heavy atom. The summed E-state index contributed by atoms with van der Waals surface area (Å²) >= 11 is 0. The van der Waals surface area contributed by atoms with Crippen LogP contribution in [0.3, 0.4) is 0 Å². The largest absolute Gasteiger partial charge is 0.463 e. The summed E-state index contributed by atoms with van der Waals surface area (Å²) in [5.74, 6) is -0.793. The molecule has 12 heavy (non-hydrogen) atoms. The Balaban J connectivity index is 2.12. The zero-order valence-electron chi connectivity index (χ0n) is 6.50. The first-order valence-corrected chi connectivity index (χ1v) is 4.27. The normalized spacial score (nSPS) is 54.4. The van der Waals surface area contributed by atoms with E-state index < -0.39 is 11.6 Å². The lowest BCUT2D eigenvalue weighted by atomic mass is 9.83. The van der Waals surface area contributed by atoms with E-state index in [2.05, 4.69) is 0 Å². The van der Waals surface area contributed by atoms with Crippen molar-refractivity contribution in [3.8, 4) is 0 Å². The van der Waals surface area contributed by atoms with Crippen molar-refractivity contribution in [1.82, 2.24) is 0 Å². The topological polar surface area (TPSA) is 26.3 Å². The van der Waals surface area contributed by atoms with E-state index in [1.54, 1.807) is 0 Å². The molecule has 2 bridgehead atoms. The predicted molar refractivity (Wildman–Crippen MR) is 39.0 cm³/mol. The summed E-state index contributed by atoms with van der Waals surface area (Å²) in [6.45, 7) is 0.279. The number of hydrogen-bond donors (Lipinski definition) is 0. The molecule has 0 radical (unpaired) electrons. The van der Waals surface area contributed by atoms with Gasteiger partial charge in [0.2, 0.25) is 5.67 Å². The van der Waals surface area contributed by atoms with Gasteiger partial charge < -0.3 is 4.74 Å². The summed E-state index contributed by atoms with van der Waals surface area (Å²) in [4.78, 5) is 11.1. The molecule has 1 heterocycles. The van der Waals surface area contributed by atoms with Gasteiger partial charge in [-0.1, -0.05) is 12.2 Å². The third-order valence-electron chi connectivity index (χ3n) is 3.42. The van der Waals surface area contributed by atoms with Gasteiger partial charge >= 0.3 is 5.97 Å². The van der Waals surface area contributed by atoms with Gasteiger partial charge in [-0.2, -0.15) is 0 Å². The highest BCUT2D eigenvalue weighted by Crippen LogP contribution is 2.56. The van der Waals surface area contributed by atoms with Crippen LogP contribution >= 0.6 is 0 Å². The molecule has 0 N–H and O–H groups in total. The second-order valence-corrected chi connectivity index (χ2v) is 3.86. The van der Waals surface area contributed by atoms with Gasteiger partial charge in [-0.25, -0.2) is 9.18 Å². The zero-order chi connectivity index (χ0) is 8.34. The number of hydrogen-bond acceptors (Lipinski definition) is 2. The third kappa shape index (κ3) is 0.490. The highest BCUT2D eigenvalue weighted by Gasteiger charge is 2.66. The second kappa shape index (κ2) is 1.73. The van der Waals surface area contributed by atoms with Crippen LogP contribution in [0.2, 0.25) is 0 Å². The lowest BCUT2D eigenvalue weighted by molar-refractivity contribution is -0.149. The number of carbonyl (C=O) groups excluding carboxylic acids is 1. The second-order valence-electron chi connectivity index (χ2n) is 3.86. The molecule has 3 heteroatoms. The molecule has 0 aromatic rings. The van der Waals surface area contributed by atoms with Crippen LogP contribution in [0.1, 0.15) is 6.42 Å². The van der Waals surface area contributed by atoms with Gasteiger partial charge in [0, 0.05) is 11.8 Å². The molecule has 2 aliphatic carbocycles. The molecule has 1 saturated carbocycles. The summed E-state index contributed by atoms with van der Waals surface area (Å²) < 4.78 is 18.8. The van der Waals surface area contributed by atoms with Gasteiger partial charge in [-0.15, -0.1) is 0 Å². The molecule has 2 nitrogen and oxygen atoms in total. The SMILES string of the molecule is O=C1OCC2C3C=CC(C3)C12F. The number of allylic oxidation sites excluding steroid dienone is 2. The molecule has 2 fully saturated rings. The van der Waals surface area contributed by atoms with Crippen LogP contribution in [0, 0.1) is 17.8 Å². The van der Waals surface area contributed by atoms with Crippen molar-refractivity contribution < 1.29 is 13.9 Å². The Labute approximate surface area is 69.4 Å². The summed E-state index contributed by atoms with van der Waals surface area (Å²) in [5.41, 5.74) is -1.67. The molecule has 1 saturated heterocycles. The zero-order valence-corrected chi connectivity index (χ0v) is 6.50. The molecule has 0 aromatic carbocycles. The van der Waals surface area contributed by atoms with Crippen LogP contribution in [0.5, 0.6) is 0 Å². The number of rotatable bonds is 0. The first kappa shape index (κ1) is 6.63. The van der Waals surface area contributed by atoms with Crippen LogP contribution in [0.4, 0.5) is 4.39 Å². The fourth-order valence-electron chi connectivity index (χ4n) is 2.75. The highest BCUT2D eigenvalue weighted by molar-refractivity contribution is 5.84. The third-order valence-corrected chi connectivity index (χ3v) is 3.42. The Bertz CT molecular complexity index is 286. The van der Waals surface area contributed by atoms with E-state index in [0.717, 1.165) is 6.42 Å². The van der Waals surface area contributed by atoms with E-state index in [0.29, 0.717) is 0 Å². The van der Waals surface area contributed by atoms with Crippen molar-refractivity contribution in [2.75, 3.05) is 6.61 Å². The Hall–Kier alpha value is -0.860. The van der Waals surface area contributed by atoms with Crippen LogP contribution in [0.15, 0.2) is 12.2 Å². The number of cyclic esters (lactones) is 1. The van der Waals surface area contributed by atoms with E-state index in [-0.39, 0.29) is 24.4 Å². The van der Waals surface area contributed by atoms with Crippen LogP contribution in [-0.4, -0.2) is 18.2 Å². The maximum Gasteiger partial charge on any atom is 0.344 e. The molecule has 64 valence electrons. The van der Waals surface area contributed by atoms with Gasteiger partial charge in [0.05, 0.1) is 6.61 Å². The van der Waals surface area contributed by atoms with Crippen molar-refractivity contribution in [3.05, 3.63) is 12.2 Å². The van der Waals surface area contributed by atoms with E-state index in [4.69, 9.17) is 4.74 Å². The predicted octanol–water partition coefficient (Wildman–Crippen LogP) is 1.07. The van der Waals surface area contributed by atoms with Gasteiger partial charge in [0.25, 0.3) is 0 Å². The maximum atomic E-state index is 14.1. The number of carbonyl (C=O) groups is 1. The lowest BCUT2D eigenvalue weighted by Crippen LogP contribution is -2.39. The number of alkyl halides is 1. The molecule has 0 spiro atoms. The molecule has 1 aliphatic heterocycles. The molecule has 3 aliphatic rings. The van der Waals surface area contributed by atoms with Gasteiger partial charge in [0.1, 0.15) is 0 Å². The van der Waals surface area contributed by atoms with E-state index in [1.807, 2.05) is 12.2 Å². The van der Waals surface area contributed by atoms with E-state index in [1.165, 1.54) is 0 Å². The van der Waals surface area contributed by atoms with Gasteiger partial charge in [-0.05, 0) is 12.3 Å². The summed E-state index contributed by atoms with van der Waals surface area (Å²) in [5, 5.41) is 0. The van der Waals surface area contributed by atoms with Gasteiger partial charge in [-0.3, -0.25) is 0 Å². The van der Waals surface area contributed by atoms with Crippen molar-refractivity contribution in [2.24, 2.45) is 17.8 Å². The molecular formula is C9H9FO2. The van der Waals surface area contributed by atoms with Crippen molar-refractivity contribution in [3.63, 3.8) is 0 Å². The average molecular weight is 168 g/mol. The quantitative estimate of drug-likeness (QED) is 0.399. The van der Waals surface area contributed by atoms with Gasteiger partial charge in [0.15, 0.2) is 0 Å². The number of halogens is 1.